The number of para-hydroxylation sites is 1. The van der Waals surface area contributed by atoms with Crippen molar-refractivity contribution in [1.82, 2.24) is 5.32 Å². The molecule has 0 saturated carbocycles. The molecular weight excluding hydrogens is 304 g/mol. The van der Waals surface area contributed by atoms with Crippen molar-refractivity contribution in [1.29, 1.82) is 0 Å². The molecule has 0 saturated heterocycles. The number of hydrogen-bond donors (Lipinski definition) is 2. The van der Waals surface area contributed by atoms with Crippen molar-refractivity contribution in [2.45, 2.75) is 26.9 Å². The predicted octanol–water partition coefficient (Wildman–Crippen LogP) is 3.15. The Morgan fingerprint density at radius 1 is 1.08 bits per heavy atom. The van der Waals surface area contributed by atoms with Gasteiger partial charge in [0.25, 0.3) is 11.8 Å². The summed E-state index contributed by atoms with van der Waals surface area (Å²) in [4.78, 5) is 23.9. The molecule has 0 radical (unpaired) electrons. The van der Waals surface area contributed by atoms with Gasteiger partial charge < -0.3 is 15.4 Å². The summed E-state index contributed by atoms with van der Waals surface area (Å²) in [5, 5.41) is 5.51. The van der Waals surface area contributed by atoms with Gasteiger partial charge in [-0.05, 0) is 56.7 Å². The minimum atomic E-state index is -0.630. The van der Waals surface area contributed by atoms with Gasteiger partial charge in [0.05, 0.1) is 0 Å². The maximum absolute atomic E-state index is 12.2. The highest BCUT2D eigenvalue weighted by molar-refractivity contribution is 5.96. The second kappa shape index (κ2) is 8.15. The monoisotopic (exact) mass is 326 g/mol. The molecule has 0 aliphatic heterocycles. The normalized spacial score (nSPS) is 11.5. The fourth-order valence-corrected chi connectivity index (χ4v) is 2.14. The van der Waals surface area contributed by atoms with Crippen LogP contribution < -0.4 is 15.4 Å². The van der Waals surface area contributed by atoms with Gasteiger partial charge in [0.1, 0.15) is 5.75 Å². The highest BCUT2D eigenvalue weighted by Gasteiger charge is 2.16. The Morgan fingerprint density at radius 2 is 1.75 bits per heavy atom. The largest absolute Gasteiger partial charge is 0.481 e. The van der Waals surface area contributed by atoms with Crippen molar-refractivity contribution in [3.63, 3.8) is 0 Å². The lowest BCUT2D eigenvalue weighted by Gasteiger charge is -2.16. The van der Waals surface area contributed by atoms with Crippen LogP contribution in [0.5, 0.6) is 5.75 Å². The van der Waals surface area contributed by atoms with Crippen molar-refractivity contribution >= 4 is 17.5 Å². The first kappa shape index (κ1) is 17.5. The SMILES string of the molecule is CCNC(=O)c1ccc(NC(=O)C(C)Oc2ccccc2C)cc1. The summed E-state index contributed by atoms with van der Waals surface area (Å²) in [5.41, 5.74) is 2.15. The van der Waals surface area contributed by atoms with E-state index in [1.165, 1.54) is 0 Å². The molecule has 2 amide bonds. The van der Waals surface area contributed by atoms with Crippen LogP contribution in [-0.4, -0.2) is 24.5 Å². The summed E-state index contributed by atoms with van der Waals surface area (Å²) < 4.78 is 5.70. The Hall–Kier alpha value is -2.82. The lowest BCUT2D eigenvalue weighted by Crippen LogP contribution is -2.30. The topological polar surface area (TPSA) is 67.4 Å². The highest BCUT2D eigenvalue weighted by Crippen LogP contribution is 2.18. The number of benzene rings is 2. The Bertz CT molecular complexity index is 711. The molecule has 0 bridgehead atoms. The van der Waals surface area contributed by atoms with Crippen LogP contribution in [0.4, 0.5) is 5.69 Å². The van der Waals surface area contributed by atoms with E-state index in [0.29, 0.717) is 23.5 Å². The van der Waals surface area contributed by atoms with Crippen LogP contribution in [0.3, 0.4) is 0 Å². The number of anilines is 1. The molecule has 2 N–H and O–H groups in total. The molecule has 5 nitrogen and oxygen atoms in total. The summed E-state index contributed by atoms with van der Waals surface area (Å²) in [7, 11) is 0. The quantitative estimate of drug-likeness (QED) is 0.857. The third-order valence-corrected chi connectivity index (χ3v) is 3.52. The Morgan fingerprint density at radius 3 is 2.38 bits per heavy atom. The fourth-order valence-electron chi connectivity index (χ4n) is 2.14. The summed E-state index contributed by atoms with van der Waals surface area (Å²) in [6, 6.07) is 14.3. The summed E-state index contributed by atoms with van der Waals surface area (Å²) >= 11 is 0. The van der Waals surface area contributed by atoms with E-state index < -0.39 is 6.10 Å². The van der Waals surface area contributed by atoms with Crippen molar-refractivity contribution in [3.8, 4) is 5.75 Å². The smallest absolute Gasteiger partial charge is 0.265 e. The highest BCUT2D eigenvalue weighted by atomic mass is 16.5. The van der Waals surface area contributed by atoms with Gasteiger partial charge in [-0.25, -0.2) is 0 Å². The molecule has 0 spiro atoms. The predicted molar refractivity (Wildman–Crippen MR) is 94.3 cm³/mol. The summed E-state index contributed by atoms with van der Waals surface area (Å²) in [5.74, 6) is 0.308. The Balaban J connectivity index is 1.96. The van der Waals surface area contributed by atoms with Crippen molar-refractivity contribution < 1.29 is 14.3 Å². The molecule has 2 rings (SSSR count). The third kappa shape index (κ3) is 4.59. The van der Waals surface area contributed by atoms with E-state index in [0.717, 1.165) is 5.56 Å². The van der Waals surface area contributed by atoms with Crippen LogP contribution in [0, 0.1) is 6.92 Å². The maximum Gasteiger partial charge on any atom is 0.265 e. The molecule has 1 unspecified atom stereocenters. The number of rotatable bonds is 6. The van der Waals surface area contributed by atoms with Crippen LogP contribution >= 0.6 is 0 Å². The number of ether oxygens (including phenoxy) is 1. The number of carbonyl (C=O) groups excluding carboxylic acids is 2. The van der Waals surface area contributed by atoms with Gasteiger partial charge >= 0.3 is 0 Å². The number of amides is 2. The number of hydrogen-bond acceptors (Lipinski definition) is 3. The first-order chi connectivity index (χ1) is 11.5. The average molecular weight is 326 g/mol. The number of carbonyl (C=O) groups is 2. The zero-order chi connectivity index (χ0) is 17.5. The van der Waals surface area contributed by atoms with Crippen molar-refractivity contribution in [3.05, 3.63) is 59.7 Å². The van der Waals surface area contributed by atoms with E-state index in [-0.39, 0.29) is 11.8 Å². The maximum atomic E-state index is 12.2. The van der Waals surface area contributed by atoms with Gasteiger partial charge in [-0.1, -0.05) is 18.2 Å². The van der Waals surface area contributed by atoms with Crippen molar-refractivity contribution in [2.24, 2.45) is 0 Å². The van der Waals surface area contributed by atoms with Crippen LogP contribution in [0.2, 0.25) is 0 Å². The standard InChI is InChI=1S/C19H22N2O3/c1-4-20-19(23)15-9-11-16(12-10-15)21-18(22)14(3)24-17-8-6-5-7-13(17)2/h5-12,14H,4H2,1-3H3,(H,20,23)(H,21,22). The van der Waals surface area contributed by atoms with Gasteiger partial charge in [0.15, 0.2) is 6.10 Å². The second-order valence-corrected chi connectivity index (χ2v) is 5.45. The van der Waals surface area contributed by atoms with Gasteiger partial charge in [0, 0.05) is 17.8 Å². The van der Waals surface area contributed by atoms with E-state index in [9.17, 15) is 9.59 Å². The van der Waals surface area contributed by atoms with E-state index in [4.69, 9.17) is 4.74 Å². The fraction of sp³-hybridized carbons (Fsp3) is 0.263. The molecular formula is C19H22N2O3. The molecule has 126 valence electrons. The minimum Gasteiger partial charge on any atom is -0.481 e. The van der Waals surface area contributed by atoms with Crippen LogP contribution in [0.25, 0.3) is 0 Å². The van der Waals surface area contributed by atoms with Gasteiger partial charge in [-0.15, -0.1) is 0 Å². The molecule has 0 aromatic heterocycles. The number of aryl methyl sites for hydroxylation is 1. The molecule has 1 atom stereocenters. The van der Waals surface area contributed by atoms with Gasteiger partial charge in [-0.2, -0.15) is 0 Å². The van der Waals surface area contributed by atoms with E-state index in [2.05, 4.69) is 10.6 Å². The zero-order valence-electron chi connectivity index (χ0n) is 14.1. The number of nitrogens with one attached hydrogen (secondary N) is 2. The zero-order valence-corrected chi connectivity index (χ0v) is 14.1. The third-order valence-electron chi connectivity index (χ3n) is 3.52. The van der Waals surface area contributed by atoms with E-state index in [1.54, 1.807) is 31.2 Å². The molecule has 0 aliphatic carbocycles. The average Bonchev–Trinajstić information content (AvgIpc) is 2.57. The summed E-state index contributed by atoms with van der Waals surface area (Å²) in [6.07, 6.45) is -0.630. The van der Waals surface area contributed by atoms with E-state index >= 15 is 0 Å². The molecule has 2 aromatic rings. The molecule has 2 aromatic carbocycles. The lowest BCUT2D eigenvalue weighted by molar-refractivity contribution is -0.122. The Kier molecular flexibility index (Phi) is 5.95. The molecule has 0 heterocycles. The molecule has 0 aliphatic rings. The van der Waals surface area contributed by atoms with Crippen LogP contribution in [-0.2, 0) is 4.79 Å². The summed E-state index contributed by atoms with van der Waals surface area (Å²) in [6.45, 7) is 6.07. The molecule has 24 heavy (non-hydrogen) atoms. The van der Waals surface area contributed by atoms with Gasteiger partial charge in [0.2, 0.25) is 0 Å². The first-order valence-electron chi connectivity index (χ1n) is 7.92. The lowest BCUT2D eigenvalue weighted by atomic mass is 10.2. The minimum absolute atomic E-state index is 0.133. The molecule has 5 heteroatoms. The van der Waals surface area contributed by atoms with Crippen molar-refractivity contribution in [2.75, 3.05) is 11.9 Å². The first-order valence-corrected chi connectivity index (χ1v) is 7.92. The van der Waals surface area contributed by atoms with E-state index in [1.807, 2.05) is 38.1 Å². The van der Waals surface area contributed by atoms with Gasteiger partial charge in [-0.3, -0.25) is 9.59 Å². The Labute approximate surface area is 142 Å². The molecule has 0 fully saturated rings. The van der Waals surface area contributed by atoms with Crippen LogP contribution in [0.1, 0.15) is 29.8 Å². The second-order valence-electron chi connectivity index (χ2n) is 5.45. The van der Waals surface area contributed by atoms with Crippen LogP contribution in [0.15, 0.2) is 48.5 Å².